The lowest BCUT2D eigenvalue weighted by Crippen LogP contribution is -2.42. The predicted octanol–water partition coefficient (Wildman–Crippen LogP) is 4.10. The van der Waals surface area contributed by atoms with Crippen molar-refractivity contribution in [3.63, 3.8) is 0 Å². The highest BCUT2D eigenvalue weighted by Crippen LogP contribution is 2.30. The Kier molecular flexibility index (Phi) is 5.77. The number of nitrogens with one attached hydrogen (secondary N) is 2. The minimum absolute atomic E-state index is 0.114. The Morgan fingerprint density at radius 1 is 0.966 bits per heavy atom. The smallest absolute Gasteiger partial charge is 0.246 e. The molecule has 1 aliphatic heterocycles. The van der Waals surface area contributed by atoms with Crippen molar-refractivity contribution in [2.75, 3.05) is 18.5 Å². The number of para-hydroxylation sites is 2. The van der Waals surface area contributed by atoms with Crippen LogP contribution in [0.25, 0.3) is 0 Å². The van der Waals surface area contributed by atoms with E-state index in [1.165, 1.54) is 0 Å². The predicted molar refractivity (Wildman–Crippen MR) is 113 cm³/mol. The summed E-state index contributed by atoms with van der Waals surface area (Å²) in [5, 5.41) is 6.35. The number of carbonyl (C=O) groups is 1. The van der Waals surface area contributed by atoms with Gasteiger partial charge in [-0.1, -0.05) is 60.2 Å². The zero-order valence-electron chi connectivity index (χ0n) is 16.3. The summed E-state index contributed by atoms with van der Waals surface area (Å²) in [4.78, 5) is 13.0. The summed E-state index contributed by atoms with van der Waals surface area (Å²) in [5.41, 5.74) is 2.82. The molecule has 1 amide bonds. The maximum Gasteiger partial charge on any atom is 0.246 e. The second-order valence-electron chi connectivity index (χ2n) is 7.10. The molecular formula is C24H24N2O3. The van der Waals surface area contributed by atoms with Crippen LogP contribution in [0.2, 0.25) is 0 Å². The minimum Gasteiger partial charge on any atom is -0.486 e. The van der Waals surface area contributed by atoms with Gasteiger partial charge < -0.3 is 14.8 Å². The molecule has 2 atom stereocenters. The molecule has 5 heteroatoms. The lowest BCUT2D eigenvalue weighted by molar-refractivity contribution is -0.118. The maximum absolute atomic E-state index is 13.0. The number of hydrogen-bond acceptors (Lipinski definition) is 4. The van der Waals surface area contributed by atoms with E-state index in [4.69, 9.17) is 9.47 Å². The van der Waals surface area contributed by atoms with Gasteiger partial charge in [-0.2, -0.15) is 0 Å². The third-order valence-electron chi connectivity index (χ3n) is 4.83. The first-order valence-corrected chi connectivity index (χ1v) is 9.73. The Bertz CT molecular complexity index is 957. The second kappa shape index (κ2) is 8.80. The van der Waals surface area contributed by atoms with Crippen LogP contribution in [0.1, 0.15) is 17.2 Å². The summed E-state index contributed by atoms with van der Waals surface area (Å²) in [6.07, 6.45) is -0.178. The quantitative estimate of drug-likeness (QED) is 0.667. The van der Waals surface area contributed by atoms with E-state index in [2.05, 4.69) is 10.6 Å². The fourth-order valence-electron chi connectivity index (χ4n) is 3.27. The fraction of sp³-hybridized carbons (Fsp3) is 0.208. The van der Waals surface area contributed by atoms with Crippen LogP contribution >= 0.6 is 0 Å². The maximum atomic E-state index is 13.0. The number of rotatable bonds is 6. The minimum atomic E-state index is -0.502. The number of hydrogen-bond donors (Lipinski definition) is 2. The summed E-state index contributed by atoms with van der Waals surface area (Å²) in [5.74, 6) is 1.36. The summed E-state index contributed by atoms with van der Waals surface area (Å²) < 4.78 is 11.8. The molecule has 0 radical (unpaired) electrons. The van der Waals surface area contributed by atoms with Crippen molar-refractivity contribution in [2.45, 2.75) is 19.1 Å². The van der Waals surface area contributed by atoms with Crippen molar-refractivity contribution in [3.8, 4) is 11.5 Å². The Balaban J connectivity index is 1.45. The molecule has 148 valence electrons. The number of aryl methyl sites for hydroxylation is 1. The first-order chi connectivity index (χ1) is 14.2. The average molecular weight is 388 g/mol. The SMILES string of the molecule is Cc1ccc(NC(=O)[C@H](NC[C@@H]2COc3ccccc3O2)c2ccccc2)cc1. The molecule has 3 aromatic carbocycles. The lowest BCUT2D eigenvalue weighted by Gasteiger charge is -2.28. The van der Waals surface area contributed by atoms with Crippen LogP contribution in [0, 0.1) is 6.92 Å². The van der Waals surface area contributed by atoms with Crippen molar-refractivity contribution in [2.24, 2.45) is 0 Å². The van der Waals surface area contributed by atoms with Gasteiger partial charge in [0.2, 0.25) is 5.91 Å². The van der Waals surface area contributed by atoms with E-state index >= 15 is 0 Å². The molecule has 0 aliphatic carbocycles. The molecule has 0 saturated heterocycles. The van der Waals surface area contributed by atoms with E-state index in [9.17, 15) is 4.79 Å². The number of amides is 1. The number of ether oxygens (including phenoxy) is 2. The van der Waals surface area contributed by atoms with Crippen molar-refractivity contribution in [1.82, 2.24) is 5.32 Å². The van der Waals surface area contributed by atoms with Gasteiger partial charge in [0.05, 0.1) is 0 Å². The second-order valence-corrected chi connectivity index (χ2v) is 7.10. The molecule has 2 N–H and O–H groups in total. The van der Waals surface area contributed by atoms with Crippen LogP contribution in [0.15, 0.2) is 78.9 Å². The molecule has 0 spiro atoms. The van der Waals surface area contributed by atoms with E-state index in [1.807, 2.05) is 85.8 Å². The van der Waals surface area contributed by atoms with Crippen LogP contribution in [0.3, 0.4) is 0 Å². The van der Waals surface area contributed by atoms with Gasteiger partial charge in [-0.3, -0.25) is 10.1 Å². The number of benzene rings is 3. The third-order valence-corrected chi connectivity index (χ3v) is 4.83. The van der Waals surface area contributed by atoms with Crippen molar-refractivity contribution >= 4 is 11.6 Å². The number of carbonyl (C=O) groups excluding carboxylic acids is 1. The summed E-state index contributed by atoms with van der Waals surface area (Å²) in [7, 11) is 0. The van der Waals surface area contributed by atoms with Gasteiger partial charge in [0.15, 0.2) is 11.5 Å². The molecule has 5 nitrogen and oxygen atoms in total. The molecule has 0 saturated carbocycles. The van der Waals surface area contributed by atoms with E-state index in [-0.39, 0.29) is 12.0 Å². The molecule has 3 aromatic rings. The third kappa shape index (κ3) is 4.76. The van der Waals surface area contributed by atoms with Gasteiger partial charge in [0.25, 0.3) is 0 Å². The van der Waals surface area contributed by atoms with Crippen LogP contribution in [0.5, 0.6) is 11.5 Å². The van der Waals surface area contributed by atoms with Crippen LogP contribution in [-0.2, 0) is 4.79 Å². The van der Waals surface area contributed by atoms with Gasteiger partial charge in [-0.15, -0.1) is 0 Å². The van der Waals surface area contributed by atoms with Gasteiger partial charge in [0, 0.05) is 12.2 Å². The summed E-state index contributed by atoms with van der Waals surface area (Å²) in [6, 6.07) is 24.6. The fourth-order valence-corrected chi connectivity index (χ4v) is 3.27. The number of anilines is 1. The molecular weight excluding hydrogens is 364 g/mol. The zero-order valence-corrected chi connectivity index (χ0v) is 16.3. The van der Waals surface area contributed by atoms with E-state index in [0.29, 0.717) is 13.2 Å². The molecule has 0 unspecified atom stereocenters. The van der Waals surface area contributed by atoms with Gasteiger partial charge in [-0.25, -0.2) is 0 Å². The highest BCUT2D eigenvalue weighted by atomic mass is 16.6. The first-order valence-electron chi connectivity index (χ1n) is 9.73. The lowest BCUT2D eigenvalue weighted by atomic mass is 10.1. The summed E-state index contributed by atoms with van der Waals surface area (Å²) >= 11 is 0. The molecule has 1 heterocycles. The topological polar surface area (TPSA) is 59.6 Å². The Morgan fingerprint density at radius 3 is 2.41 bits per heavy atom. The van der Waals surface area contributed by atoms with Gasteiger partial charge >= 0.3 is 0 Å². The van der Waals surface area contributed by atoms with Gasteiger partial charge in [0.1, 0.15) is 18.8 Å². The van der Waals surface area contributed by atoms with Gasteiger partial charge in [-0.05, 0) is 36.8 Å². The Labute approximate surface area is 170 Å². The molecule has 0 bridgehead atoms. The Hall–Kier alpha value is -3.31. The molecule has 29 heavy (non-hydrogen) atoms. The van der Waals surface area contributed by atoms with Crippen LogP contribution in [-0.4, -0.2) is 25.2 Å². The molecule has 0 fully saturated rings. The monoisotopic (exact) mass is 388 g/mol. The first kappa shape index (κ1) is 19.0. The van der Waals surface area contributed by atoms with Crippen LogP contribution in [0.4, 0.5) is 5.69 Å². The van der Waals surface area contributed by atoms with E-state index in [0.717, 1.165) is 28.3 Å². The van der Waals surface area contributed by atoms with Crippen molar-refractivity contribution < 1.29 is 14.3 Å². The van der Waals surface area contributed by atoms with Crippen LogP contribution < -0.4 is 20.1 Å². The zero-order chi connectivity index (χ0) is 20.1. The standard InChI is InChI=1S/C24H24N2O3/c1-17-11-13-19(14-12-17)26-24(27)23(18-7-3-2-4-8-18)25-15-20-16-28-21-9-5-6-10-22(21)29-20/h2-14,20,23,25H,15-16H2,1H3,(H,26,27)/t20-,23-/m1/s1. The Morgan fingerprint density at radius 2 is 1.66 bits per heavy atom. The average Bonchev–Trinajstić information content (AvgIpc) is 2.76. The normalized spacial score (nSPS) is 16.1. The van der Waals surface area contributed by atoms with Crippen molar-refractivity contribution in [1.29, 1.82) is 0 Å². The largest absolute Gasteiger partial charge is 0.486 e. The molecule has 4 rings (SSSR count). The summed E-state index contributed by atoms with van der Waals surface area (Å²) in [6.45, 7) is 2.94. The number of fused-ring (bicyclic) bond motifs is 1. The molecule has 0 aromatic heterocycles. The highest BCUT2D eigenvalue weighted by Gasteiger charge is 2.25. The van der Waals surface area contributed by atoms with E-state index in [1.54, 1.807) is 0 Å². The van der Waals surface area contributed by atoms with Crippen molar-refractivity contribution in [3.05, 3.63) is 90.0 Å². The molecule has 1 aliphatic rings. The highest BCUT2D eigenvalue weighted by molar-refractivity contribution is 5.95. The van der Waals surface area contributed by atoms with E-state index < -0.39 is 6.04 Å².